The number of nitrogens with zero attached hydrogens (tertiary/aromatic N) is 1. The quantitative estimate of drug-likeness (QED) is 0.265. The van der Waals surface area contributed by atoms with E-state index in [9.17, 15) is 0 Å². The monoisotopic (exact) mass is 462 g/mol. The van der Waals surface area contributed by atoms with Crippen LogP contribution in [0.4, 0.5) is 28.4 Å². The summed E-state index contributed by atoms with van der Waals surface area (Å²) < 4.78 is 0. The molecule has 6 rings (SSSR count). The summed E-state index contributed by atoms with van der Waals surface area (Å²) in [4.78, 5) is 2.29. The minimum absolute atomic E-state index is 1.07. The summed E-state index contributed by atoms with van der Waals surface area (Å²) in [7, 11) is 0. The van der Waals surface area contributed by atoms with Crippen LogP contribution in [0.25, 0.3) is 21.9 Å². The van der Waals surface area contributed by atoms with Crippen LogP contribution in [0.15, 0.2) is 152 Å². The third-order valence-electron chi connectivity index (χ3n) is 6.40. The Balaban J connectivity index is 1.37. The fraction of sp³-hybridized carbons (Fsp3) is 0. The van der Waals surface area contributed by atoms with Gasteiger partial charge in [0.25, 0.3) is 0 Å². The number of nitrogens with one attached hydrogen (secondary N) is 1. The molecule has 0 saturated heterocycles. The van der Waals surface area contributed by atoms with Crippen molar-refractivity contribution in [3.63, 3.8) is 0 Å². The maximum Gasteiger partial charge on any atom is 0.0467 e. The maximum atomic E-state index is 3.64. The molecule has 0 saturated carbocycles. The Morgan fingerprint density at radius 1 is 0.417 bits per heavy atom. The summed E-state index contributed by atoms with van der Waals surface area (Å²) in [6.45, 7) is 0. The molecule has 0 aliphatic heterocycles. The van der Waals surface area contributed by atoms with Gasteiger partial charge in [-0.1, -0.05) is 97.1 Å². The molecule has 0 fully saturated rings. The van der Waals surface area contributed by atoms with Crippen LogP contribution in [0.5, 0.6) is 0 Å². The average molecular weight is 463 g/mol. The van der Waals surface area contributed by atoms with Gasteiger partial charge in [0.15, 0.2) is 0 Å². The van der Waals surface area contributed by atoms with Crippen LogP contribution < -0.4 is 10.2 Å². The van der Waals surface area contributed by atoms with E-state index in [1.165, 1.54) is 21.9 Å². The molecule has 0 atom stereocenters. The maximum absolute atomic E-state index is 3.64. The summed E-state index contributed by atoms with van der Waals surface area (Å²) in [5.74, 6) is 0. The molecule has 0 spiro atoms. The summed E-state index contributed by atoms with van der Waals surface area (Å²) >= 11 is 0. The second-order valence-corrected chi connectivity index (χ2v) is 8.79. The van der Waals surface area contributed by atoms with E-state index in [1.807, 2.05) is 0 Å². The molecule has 36 heavy (non-hydrogen) atoms. The highest BCUT2D eigenvalue weighted by atomic mass is 15.1. The van der Waals surface area contributed by atoms with Crippen molar-refractivity contribution in [3.8, 4) is 11.1 Å². The smallest absolute Gasteiger partial charge is 0.0467 e. The summed E-state index contributed by atoms with van der Waals surface area (Å²) in [5, 5.41) is 6.08. The third kappa shape index (κ3) is 4.45. The highest BCUT2D eigenvalue weighted by molar-refractivity contribution is 5.95. The number of fused-ring (bicyclic) bond motifs is 1. The third-order valence-corrected chi connectivity index (χ3v) is 6.40. The first-order valence-electron chi connectivity index (χ1n) is 12.2. The van der Waals surface area contributed by atoms with Crippen molar-refractivity contribution in [1.29, 1.82) is 0 Å². The number of hydrogen-bond donors (Lipinski definition) is 1. The Morgan fingerprint density at radius 2 is 0.972 bits per heavy atom. The molecule has 2 heteroatoms. The highest BCUT2D eigenvalue weighted by Crippen LogP contribution is 2.36. The average Bonchev–Trinajstić information content (AvgIpc) is 2.95. The highest BCUT2D eigenvalue weighted by Gasteiger charge is 2.13. The first-order valence-corrected chi connectivity index (χ1v) is 12.2. The van der Waals surface area contributed by atoms with Crippen molar-refractivity contribution in [3.05, 3.63) is 152 Å². The van der Waals surface area contributed by atoms with Gasteiger partial charge in [0.2, 0.25) is 0 Å². The number of benzene rings is 6. The van der Waals surface area contributed by atoms with Crippen molar-refractivity contribution in [2.75, 3.05) is 10.2 Å². The van der Waals surface area contributed by atoms with Crippen LogP contribution in [0, 0.1) is 0 Å². The summed E-state index contributed by atoms with van der Waals surface area (Å²) in [6.07, 6.45) is 0. The Bertz CT molecular complexity index is 1560. The number of rotatable bonds is 6. The standard InChI is InChI=1S/C34H26N2/c1-3-17-30(18-4-1)36(31-19-5-2-6-20-31)32-21-10-15-28(25-32)27-14-9-16-29(24-27)35-34-23-11-13-26-12-7-8-22-33(26)34/h1-25,35H. The molecule has 0 radical (unpaired) electrons. The number of hydrogen-bond acceptors (Lipinski definition) is 2. The van der Waals surface area contributed by atoms with Crippen LogP contribution in [0.3, 0.4) is 0 Å². The predicted molar refractivity (Wildman–Crippen MR) is 154 cm³/mol. The zero-order chi connectivity index (χ0) is 24.2. The minimum Gasteiger partial charge on any atom is -0.355 e. The number of anilines is 5. The van der Waals surface area contributed by atoms with Crippen LogP contribution in [0.1, 0.15) is 0 Å². The zero-order valence-electron chi connectivity index (χ0n) is 19.9. The Kier molecular flexibility index (Phi) is 5.91. The van der Waals surface area contributed by atoms with E-state index < -0.39 is 0 Å². The lowest BCUT2D eigenvalue weighted by Crippen LogP contribution is -2.09. The van der Waals surface area contributed by atoms with E-state index >= 15 is 0 Å². The lowest BCUT2D eigenvalue weighted by molar-refractivity contribution is 1.28. The van der Waals surface area contributed by atoms with E-state index in [0.29, 0.717) is 0 Å². The molecule has 1 N–H and O–H groups in total. The molecule has 172 valence electrons. The Hall–Kier alpha value is -4.82. The van der Waals surface area contributed by atoms with Crippen molar-refractivity contribution >= 4 is 39.2 Å². The first-order chi connectivity index (χ1) is 17.8. The van der Waals surface area contributed by atoms with Gasteiger partial charge in [0, 0.05) is 33.8 Å². The second-order valence-electron chi connectivity index (χ2n) is 8.79. The van der Waals surface area contributed by atoms with Crippen molar-refractivity contribution in [2.45, 2.75) is 0 Å². The topological polar surface area (TPSA) is 15.3 Å². The lowest BCUT2D eigenvalue weighted by atomic mass is 10.0. The van der Waals surface area contributed by atoms with Gasteiger partial charge < -0.3 is 10.2 Å². The molecular formula is C34H26N2. The van der Waals surface area contributed by atoms with Crippen molar-refractivity contribution < 1.29 is 0 Å². The molecule has 0 bridgehead atoms. The second kappa shape index (κ2) is 9.81. The van der Waals surface area contributed by atoms with Gasteiger partial charge in [0.1, 0.15) is 0 Å². The van der Waals surface area contributed by atoms with Crippen LogP contribution in [0.2, 0.25) is 0 Å². The zero-order valence-corrected chi connectivity index (χ0v) is 19.9. The molecule has 0 unspecified atom stereocenters. The van der Waals surface area contributed by atoms with Crippen LogP contribution in [-0.4, -0.2) is 0 Å². The van der Waals surface area contributed by atoms with Gasteiger partial charge in [-0.05, 0) is 71.1 Å². The molecule has 6 aromatic rings. The summed E-state index contributed by atoms with van der Waals surface area (Å²) in [5.41, 5.74) is 7.90. The van der Waals surface area contributed by atoms with E-state index in [4.69, 9.17) is 0 Å². The van der Waals surface area contributed by atoms with Crippen LogP contribution in [-0.2, 0) is 0 Å². The van der Waals surface area contributed by atoms with Gasteiger partial charge in [-0.25, -0.2) is 0 Å². The SMILES string of the molecule is c1ccc(N(c2ccccc2)c2cccc(-c3cccc(Nc4cccc5ccccc45)c3)c2)cc1. The molecule has 0 amide bonds. The fourth-order valence-corrected chi connectivity index (χ4v) is 4.69. The summed E-state index contributed by atoms with van der Waals surface area (Å²) in [6, 6.07) is 53.2. The largest absolute Gasteiger partial charge is 0.355 e. The Labute approximate surface area is 212 Å². The molecule has 0 aliphatic rings. The lowest BCUT2D eigenvalue weighted by Gasteiger charge is -2.26. The minimum atomic E-state index is 1.07. The molecule has 0 aliphatic carbocycles. The van der Waals surface area contributed by atoms with Gasteiger partial charge in [-0.2, -0.15) is 0 Å². The van der Waals surface area contributed by atoms with Gasteiger partial charge in [-0.3, -0.25) is 0 Å². The van der Waals surface area contributed by atoms with Gasteiger partial charge in [0.05, 0.1) is 0 Å². The van der Waals surface area contributed by atoms with Crippen LogP contribution >= 0.6 is 0 Å². The van der Waals surface area contributed by atoms with Gasteiger partial charge in [-0.15, -0.1) is 0 Å². The van der Waals surface area contributed by atoms with Crippen molar-refractivity contribution in [2.24, 2.45) is 0 Å². The molecule has 6 aromatic carbocycles. The molecule has 0 heterocycles. The number of para-hydroxylation sites is 2. The molecule has 2 nitrogen and oxygen atoms in total. The van der Waals surface area contributed by atoms with Crippen molar-refractivity contribution in [1.82, 2.24) is 0 Å². The van der Waals surface area contributed by atoms with E-state index in [0.717, 1.165) is 28.4 Å². The first kappa shape index (κ1) is 21.7. The molecular weight excluding hydrogens is 436 g/mol. The normalized spacial score (nSPS) is 10.8. The molecule has 0 aromatic heterocycles. The van der Waals surface area contributed by atoms with E-state index in [2.05, 4.69) is 162 Å². The van der Waals surface area contributed by atoms with E-state index in [-0.39, 0.29) is 0 Å². The fourth-order valence-electron chi connectivity index (χ4n) is 4.69. The predicted octanol–water partition coefficient (Wildman–Crippen LogP) is 9.72. The van der Waals surface area contributed by atoms with E-state index in [1.54, 1.807) is 0 Å². The Morgan fingerprint density at radius 3 is 1.72 bits per heavy atom. The van der Waals surface area contributed by atoms with Gasteiger partial charge >= 0.3 is 0 Å².